The van der Waals surface area contributed by atoms with Crippen LogP contribution in [-0.4, -0.2) is 29.0 Å². The standard InChI is InChI=1S/C16H18N4O2/c1-3-8-22-12-7-5-6-11(9-12)13-10-14(15(21)18-4-2)20-16(17)19-13/h3,5-7,9-10H,1,4,8H2,2H3,(H,18,21)(H2,17,19,20). The maximum atomic E-state index is 11.9. The third-order valence-electron chi connectivity index (χ3n) is 2.81. The summed E-state index contributed by atoms with van der Waals surface area (Å²) in [6.45, 7) is 6.38. The molecule has 3 N–H and O–H groups in total. The minimum atomic E-state index is -0.281. The lowest BCUT2D eigenvalue weighted by molar-refractivity contribution is 0.0951. The summed E-state index contributed by atoms with van der Waals surface area (Å²) in [5.74, 6) is 0.460. The molecule has 114 valence electrons. The van der Waals surface area contributed by atoms with Crippen LogP contribution in [0, 0.1) is 0 Å². The van der Waals surface area contributed by atoms with Crippen LogP contribution >= 0.6 is 0 Å². The van der Waals surface area contributed by atoms with Crippen LogP contribution in [0.3, 0.4) is 0 Å². The number of nitrogens with two attached hydrogens (primary N) is 1. The number of ether oxygens (including phenoxy) is 1. The lowest BCUT2D eigenvalue weighted by atomic mass is 10.1. The van der Waals surface area contributed by atoms with Crippen LogP contribution in [0.4, 0.5) is 5.95 Å². The predicted molar refractivity (Wildman–Crippen MR) is 85.6 cm³/mol. The zero-order valence-electron chi connectivity index (χ0n) is 12.4. The molecule has 6 nitrogen and oxygen atoms in total. The number of carbonyl (C=O) groups is 1. The van der Waals surface area contributed by atoms with Crippen molar-refractivity contribution in [2.45, 2.75) is 6.92 Å². The number of nitrogen functional groups attached to an aromatic ring is 1. The summed E-state index contributed by atoms with van der Waals surface area (Å²) >= 11 is 0. The summed E-state index contributed by atoms with van der Waals surface area (Å²) < 4.78 is 5.49. The highest BCUT2D eigenvalue weighted by molar-refractivity contribution is 5.93. The van der Waals surface area contributed by atoms with E-state index in [0.717, 1.165) is 5.56 Å². The molecule has 0 spiro atoms. The molecule has 0 atom stereocenters. The third-order valence-corrected chi connectivity index (χ3v) is 2.81. The van der Waals surface area contributed by atoms with E-state index in [4.69, 9.17) is 10.5 Å². The van der Waals surface area contributed by atoms with Gasteiger partial charge in [0, 0.05) is 12.1 Å². The Morgan fingerprint density at radius 3 is 2.95 bits per heavy atom. The summed E-state index contributed by atoms with van der Waals surface area (Å²) in [4.78, 5) is 20.0. The van der Waals surface area contributed by atoms with Gasteiger partial charge in [0.1, 0.15) is 18.1 Å². The van der Waals surface area contributed by atoms with Gasteiger partial charge in [0.05, 0.1) is 5.69 Å². The molecule has 1 aromatic carbocycles. The topological polar surface area (TPSA) is 90.1 Å². The van der Waals surface area contributed by atoms with Crippen molar-refractivity contribution in [2.75, 3.05) is 18.9 Å². The van der Waals surface area contributed by atoms with Gasteiger partial charge in [0.25, 0.3) is 5.91 Å². The molecule has 0 aliphatic carbocycles. The molecule has 6 heteroatoms. The van der Waals surface area contributed by atoms with Crippen molar-refractivity contribution < 1.29 is 9.53 Å². The Balaban J connectivity index is 2.35. The molecule has 0 saturated carbocycles. The highest BCUT2D eigenvalue weighted by Crippen LogP contribution is 2.23. The molecule has 0 aliphatic rings. The second kappa shape index (κ2) is 7.21. The summed E-state index contributed by atoms with van der Waals surface area (Å²) in [5, 5.41) is 2.69. The molecule has 0 unspecified atom stereocenters. The Morgan fingerprint density at radius 1 is 1.41 bits per heavy atom. The highest BCUT2D eigenvalue weighted by atomic mass is 16.5. The number of rotatable bonds is 6. The number of amides is 1. The molecule has 0 bridgehead atoms. The average molecular weight is 298 g/mol. The highest BCUT2D eigenvalue weighted by Gasteiger charge is 2.11. The van der Waals surface area contributed by atoms with Gasteiger partial charge in [-0.05, 0) is 25.1 Å². The molecule has 1 heterocycles. The lowest BCUT2D eigenvalue weighted by Gasteiger charge is -2.08. The van der Waals surface area contributed by atoms with Gasteiger partial charge in [0.15, 0.2) is 0 Å². The summed E-state index contributed by atoms with van der Waals surface area (Å²) in [7, 11) is 0. The maximum absolute atomic E-state index is 11.9. The first kappa shape index (κ1) is 15.5. The smallest absolute Gasteiger partial charge is 0.270 e. The van der Waals surface area contributed by atoms with Gasteiger partial charge in [-0.2, -0.15) is 0 Å². The van der Waals surface area contributed by atoms with E-state index >= 15 is 0 Å². The van der Waals surface area contributed by atoms with Crippen molar-refractivity contribution in [3.8, 4) is 17.0 Å². The fraction of sp³-hybridized carbons (Fsp3) is 0.188. The van der Waals surface area contributed by atoms with Gasteiger partial charge in [-0.15, -0.1) is 0 Å². The predicted octanol–water partition coefficient (Wildman–Crippen LogP) is 2.04. The van der Waals surface area contributed by atoms with Gasteiger partial charge >= 0.3 is 0 Å². The Labute approximate surface area is 129 Å². The van der Waals surface area contributed by atoms with Crippen molar-refractivity contribution in [3.63, 3.8) is 0 Å². The number of hydrogen-bond donors (Lipinski definition) is 2. The van der Waals surface area contributed by atoms with E-state index < -0.39 is 0 Å². The Bertz CT molecular complexity index is 686. The number of nitrogens with one attached hydrogen (secondary N) is 1. The van der Waals surface area contributed by atoms with E-state index in [1.807, 2.05) is 31.2 Å². The SMILES string of the molecule is C=CCOc1cccc(-c2cc(C(=O)NCC)nc(N)n2)c1. The quantitative estimate of drug-likeness (QED) is 0.796. The zero-order valence-corrected chi connectivity index (χ0v) is 12.4. The van der Waals surface area contributed by atoms with Crippen LogP contribution in [-0.2, 0) is 0 Å². The second-order valence-corrected chi connectivity index (χ2v) is 4.48. The lowest BCUT2D eigenvalue weighted by Crippen LogP contribution is -2.24. The molecule has 22 heavy (non-hydrogen) atoms. The first-order valence-corrected chi connectivity index (χ1v) is 6.91. The molecule has 1 aromatic heterocycles. The maximum Gasteiger partial charge on any atom is 0.270 e. The fourth-order valence-electron chi connectivity index (χ4n) is 1.88. The molecule has 2 rings (SSSR count). The first-order chi connectivity index (χ1) is 10.6. The van der Waals surface area contributed by atoms with Crippen LogP contribution in [0.25, 0.3) is 11.3 Å². The molecule has 0 aliphatic heterocycles. The zero-order chi connectivity index (χ0) is 15.9. The number of nitrogens with zero attached hydrogens (tertiary/aromatic N) is 2. The molecule has 0 fully saturated rings. The van der Waals surface area contributed by atoms with Crippen molar-refractivity contribution in [2.24, 2.45) is 0 Å². The first-order valence-electron chi connectivity index (χ1n) is 6.91. The van der Waals surface area contributed by atoms with Gasteiger partial charge in [-0.25, -0.2) is 9.97 Å². The van der Waals surface area contributed by atoms with E-state index in [1.165, 1.54) is 0 Å². The van der Waals surface area contributed by atoms with Crippen LogP contribution in [0.15, 0.2) is 43.0 Å². The third kappa shape index (κ3) is 3.82. The van der Waals surface area contributed by atoms with E-state index in [0.29, 0.717) is 24.6 Å². The number of anilines is 1. The van der Waals surface area contributed by atoms with E-state index in [1.54, 1.807) is 12.1 Å². The van der Waals surface area contributed by atoms with Gasteiger partial charge in [-0.3, -0.25) is 4.79 Å². The molecule has 2 aromatic rings. The van der Waals surface area contributed by atoms with Crippen molar-refractivity contribution >= 4 is 11.9 Å². The largest absolute Gasteiger partial charge is 0.490 e. The molecular weight excluding hydrogens is 280 g/mol. The number of carbonyl (C=O) groups excluding carboxylic acids is 1. The summed E-state index contributed by atoms with van der Waals surface area (Å²) in [6, 6.07) is 8.98. The van der Waals surface area contributed by atoms with Crippen LogP contribution in [0.5, 0.6) is 5.75 Å². The minimum absolute atomic E-state index is 0.0520. The summed E-state index contributed by atoms with van der Waals surface area (Å²) in [6.07, 6.45) is 1.67. The van der Waals surface area contributed by atoms with Crippen LogP contribution in [0.1, 0.15) is 17.4 Å². The second-order valence-electron chi connectivity index (χ2n) is 4.48. The molecular formula is C16H18N4O2. The summed E-state index contributed by atoms with van der Waals surface area (Å²) in [5.41, 5.74) is 7.30. The number of hydrogen-bond acceptors (Lipinski definition) is 5. The van der Waals surface area contributed by atoms with E-state index in [-0.39, 0.29) is 17.5 Å². The monoisotopic (exact) mass is 298 g/mol. The molecule has 0 radical (unpaired) electrons. The van der Waals surface area contributed by atoms with Gasteiger partial charge in [-0.1, -0.05) is 24.8 Å². The Kier molecular flexibility index (Phi) is 5.08. The van der Waals surface area contributed by atoms with Crippen molar-refractivity contribution in [1.29, 1.82) is 0 Å². The van der Waals surface area contributed by atoms with Gasteiger partial charge < -0.3 is 15.8 Å². The Morgan fingerprint density at radius 2 is 2.23 bits per heavy atom. The van der Waals surface area contributed by atoms with E-state index in [2.05, 4.69) is 21.9 Å². The van der Waals surface area contributed by atoms with Crippen molar-refractivity contribution in [1.82, 2.24) is 15.3 Å². The minimum Gasteiger partial charge on any atom is -0.490 e. The molecule has 0 saturated heterocycles. The number of aromatic nitrogens is 2. The van der Waals surface area contributed by atoms with Gasteiger partial charge in [0.2, 0.25) is 5.95 Å². The Hall–Kier alpha value is -2.89. The normalized spacial score (nSPS) is 10.0. The number of benzene rings is 1. The fourth-order valence-corrected chi connectivity index (χ4v) is 1.88. The van der Waals surface area contributed by atoms with Crippen LogP contribution < -0.4 is 15.8 Å². The molecule has 1 amide bonds. The van der Waals surface area contributed by atoms with E-state index in [9.17, 15) is 4.79 Å². The van der Waals surface area contributed by atoms with Crippen LogP contribution in [0.2, 0.25) is 0 Å². The average Bonchev–Trinajstić information content (AvgIpc) is 2.53. The van der Waals surface area contributed by atoms with Crippen molar-refractivity contribution in [3.05, 3.63) is 48.7 Å².